The van der Waals surface area contributed by atoms with Gasteiger partial charge in [0.1, 0.15) is 17.4 Å². The maximum absolute atomic E-state index is 14.2. The van der Waals surface area contributed by atoms with Crippen molar-refractivity contribution in [1.29, 1.82) is 0 Å². The number of ether oxygens (including phenoxy) is 1. The van der Waals surface area contributed by atoms with E-state index in [0.29, 0.717) is 24.6 Å². The molecule has 3 atom stereocenters. The maximum atomic E-state index is 14.2. The summed E-state index contributed by atoms with van der Waals surface area (Å²) in [6.07, 6.45) is 3.01. The van der Waals surface area contributed by atoms with Crippen molar-refractivity contribution in [3.8, 4) is 17.1 Å². The molecule has 2 amide bonds. The lowest BCUT2D eigenvalue weighted by Crippen LogP contribution is -2.56. The Morgan fingerprint density at radius 3 is 2.69 bits per heavy atom. The minimum absolute atomic E-state index is 0.00100. The lowest BCUT2D eigenvalue weighted by atomic mass is 9.90. The van der Waals surface area contributed by atoms with E-state index >= 15 is 0 Å². The number of benzene rings is 2. The van der Waals surface area contributed by atoms with E-state index in [2.05, 4.69) is 20.7 Å². The Morgan fingerprint density at radius 1 is 1.15 bits per heavy atom. The Kier molecular flexibility index (Phi) is 7.92. The molecule has 1 saturated heterocycles. The third-order valence-corrected chi connectivity index (χ3v) is 7.47. The highest BCUT2D eigenvalue weighted by Gasteiger charge is 2.38. The third kappa shape index (κ3) is 6.27. The Balaban J connectivity index is 1.30. The minimum atomic E-state index is -0.818. The van der Waals surface area contributed by atoms with E-state index in [4.69, 9.17) is 9.26 Å². The molecule has 0 radical (unpaired) electrons. The first-order valence-electron chi connectivity index (χ1n) is 13.2. The molecule has 2 heterocycles. The van der Waals surface area contributed by atoms with Crippen molar-refractivity contribution in [3.05, 3.63) is 71.4 Å². The number of hydrogen-bond acceptors (Lipinski definition) is 6. The molecule has 1 aliphatic carbocycles. The van der Waals surface area contributed by atoms with Gasteiger partial charge in [-0.15, -0.1) is 0 Å². The van der Waals surface area contributed by atoms with E-state index in [-0.39, 0.29) is 29.0 Å². The number of nitrogens with one attached hydrogen (secondary N) is 2. The van der Waals surface area contributed by atoms with Crippen LogP contribution in [0.4, 0.5) is 8.78 Å². The van der Waals surface area contributed by atoms with Gasteiger partial charge in [0.2, 0.25) is 5.91 Å². The van der Waals surface area contributed by atoms with Crippen LogP contribution < -0.4 is 15.4 Å². The van der Waals surface area contributed by atoms with Gasteiger partial charge in [-0.1, -0.05) is 23.4 Å². The summed E-state index contributed by atoms with van der Waals surface area (Å²) >= 11 is 0. The number of rotatable bonds is 9. The first-order chi connectivity index (χ1) is 18.8. The average molecular weight is 539 g/mol. The lowest BCUT2D eigenvalue weighted by molar-refractivity contribution is -0.128. The Bertz CT molecular complexity index is 1340. The van der Waals surface area contributed by atoms with Gasteiger partial charge in [-0.05, 0) is 50.3 Å². The summed E-state index contributed by atoms with van der Waals surface area (Å²) in [6, 6.07) is 11.2. The second kappa shape index (κ2) is 11.5. The predicted octanol–water partition coefficient (Wildman–Crippen LogP) is 4.34. The fraction of sp³-hybridized carbons (Fsp3) is 0.414. The average Bonchev–Trinajstić information content (AvgIpc) is 3.61. The second-order valence-electron chi connectivity index (χ2n) is 10.4. The molecule has 2 fully saturated rings. The van der Waals surface area contributed by atoms with Gasteiger partial charge in [0, 0.05) is 43.4 Å². The zero-order chi connectivity index (χ0) is 27.5. The topological polar surface area (TPSA) is 96.7 Å². The highest BCUT2D eigenvalue weighted by atomic mass is 19.1. The monoisotopic (exact) mass is 538 g/mol. The van der Waals surface area contributed by atoms with Gasteiger partial charge in [0.25, 0.3) is 5.91 Å². The van der Waals surface area contributed by atoms with Gasteiger partial charge in [-0.2, -0.15) is 0 Å². The summed E-state index contributed by atoms with van der Waals surface area (Å²) in [4.78, 5) is 29.0. The molecule has 2 N–H and O–H groups in total. The predicted molar refractivity (Wildman–Crippen MR) is 140 cm³/mol. The summed E-state index contributed by atoms with van der Waals surface area (Å²) in [5.41, 5.74) is 0.817. The van der Waals surface area contributed by atoms with Crippen LogP contribution in [0.2, 0.25) is 0 Å². The number of carbonyl (C=O) groups excluding carboxylic acids is 2. The first-order valence-corrected chi connectivity index (χ1v) is 13.2. The molecule has 8 nitrogen and oxygen atoms in total. The number of methoxy groups -OCH3 is 1. The van der Waals surface area contributed by atoms with Crippen molar-refractivity contribution in [2.45, 2.75) is 38.3 Å². The highest BCUT2D eigenvalue weighted by molar-refractivity contribution is 5.94. The number of para-hydroxylation sites is 1. The smallest absolute Gasteiger partial charge is 0.273 e. The van der Waals surface area contributed by atoms with Crippen molar-refractivity contribution in [3.63, 3.8) is 0 Å². The van der Waals surface area contributed by atoms with E-state index in [1.807, 2.05) is 31.2 Å². The molecule has 0 spiro atoms. The van der Waals surface area contributed by atoms with Crippen LogP contribution in [0.1, 0.15) is 48.3 Å². The zero-order valence-corrected chi connectivity index (χ0v) is 22.0. The Labute approximate surface area is 225 Å². The first kappa shape index (κ1) is 26.8. The molecule has 2 aliphatic rings. The number of likely N-dealkylation sites (tertiary alicyclic amines) is 1. The van der Waals surface area contributed by atoms with Crippen LogP contribution in [0.25, 0.3) is 11.3 Å². The zero-order valence-electron chi connectivity index (χ0n) is 22.0. The van der Waals surface area contributed by atoms with E-state index < -0.39 is 29.5 Å². The molecule has 1 aliphatic heterocycles. The fourth-order valence-electron chi connectivity index (χ4n) is 5.15. The number of carbonyl (C=O) groups is 2. The van der Waals surface area contributed by atoms with E-state index in [1.54, 1.807) is 7.11 Å². The SMILES string of the molecule is COc1ccccc1[C@H](C)NC(=O)[C@H]1CN(CC2CC2)CC[C@@H]1NC(=O)c1cc(-c2ccc(F)cc2F)on1. The standard InChI is InChI=1S/C29H32F2N4O4/c1-17(20-5-3-4-6-26(20)38-2)32-28(36)22-16-35(15-18-7-8-18)12-11-24(22)33-29(37)25-14-27(39-34-25)21-10-9-19(30)13-23(21)31/h3-6,9-10,13-14,17-18,22,24H,7-8,11-12,15-16H2,1-2H3,(H,32,36)(H,33,37)/t17-,22-,24-/m0/s1. The van der Waals surface area contributed by atoms with Crippen molar-refractivity contribution in [1.82, 2.24) is 20.7 Å². The van der Waals surface area contributed by atoms with Crippen LogP contribution in [0.15, 0.2) is 53.1 Å². The molecule has 5 rings (SSSR count). The summed E-state index contributed by atoms with van der Waals surface area (Å²) in [5, 5.41) is 9.85. The molecule has 1 aromatic heterocycles. The van der Waals surface area contributed by atoms with E-state index in [9.17, 15) is 18.4 Å². The summed E-state index contributed by atoms with van der Waals surface area (Å²) in [5.74, 6) is -1.33. The molecule has 2 aromatic carbocycles. The van der Waals surface area contributed by atoms with Gasteiger partial charge < -0.3 is 24.8 Å². The number of nitrogens with zero attached hydrogens (tertiary/aromatic N) is 2. The summed E-state index contributed by atoms with van der Waals surface area (Å²) in [6.45, 7) is 4.14. The van der Waals surface area contributed by atoms with Crippen molar-refractivity contribution < 1.29 is 27.6 Å². The van der Waals surface area contributed by atoms with Gasteiger partial charge in [-0.25, -0.2) is 8.78 Å². The van der Waals surface area contributed by atoms with Crippen LogP contribution in [0.5, 0.6) is 5.75 Å². The minimum Gasteiger partial charge on any atom is -0.496 e. The number of halogens is 2. The molecule has 1 saturated carbocycles. The third-order valence-electron chi connectivity index (χ3n) is 7.47. The second-order valence-corrected chi connectivity index (χ2v) is 10.4. The van der Waals surface area contributed by atoms with Crippen LogP contribution in [0, 0.1) is 23.5 Å². The summed E-state index contributed by atoms with van der Waals surface area (Å²) in [7, 11) is 1.59. The highest BCUT2D eigenvalue weighted by Crippen LogP contribution is 2.32. The number of piperidine rings is 1. The molecule has 3 aromatic rings. The van der Waals surface area contributed by atoms with E-state index in [1.165, 1.54) is 25.0 Å². The van der Waals surface area contributed by atoms with Gasteiger partial charge in [0.05, 0.1) is 24.6 Å². The number of hydrogen-bond donors (Lipinski definition) is 2. The van der Waals surface area contributed by atoms with Crippen molar-refractivity contribution >= 4 is 11.8 Å². The fourth-order valence-corrected chi connectivity index (χ4v) is 5.15. The molecular formula is C29H32F2N4O4. The van der Waals surface area contributed by atoms with E-state index in [0.717, 1.165) is 30.8 Å². The normalized spacial score (nSPS) is 20.3. The van der Waals surface area contributed by atoms with Gasteiger partial charge in [0.15, 0.2) is 11.5 Å². The molecular weight excluding hydrogens is 506 g/mol. The lowest BCUT2D eigenvalue weighted by Gasteiger charge is -2.38. The number of aromatic nitrogens is 1. The largest absolute Gasteiger partial charge is 0.496 e. The summed E-state index contributed by atoms with van der Waals surface area (Å²) < 4.78 is 38.1. The molecule has 206 valence electrons. The van der Waals surface area contributed by atoms with Gasteiger partial charge in [-0.3, -0.25) is 9.59 Å². The van der Waals surface area contributed by atoms with Crippen LogP contribution in [-0.4, -0.2) is 54.7 Å². The maximum Gasteiger partial charge on any atom is 0.273 e. The van der Waals surface area contributed by atoms with Crippen molar-refractivity contribution in [2.24, 2.45) is 11.8 Å². The van der Waals surface area contributed by atoms with Gasteiger partial charge >= 0.3 is 0 Å². The quantitative estimate of drug-likeness (QED) is 0.421. The number of amides is 2. The van der Waals surface area contributed by atoms with Crippen LogP contribution in [-0.2, 0) is 4.79 Å². The molecule has 39 heavy (non-hydrogen) atoms. The molecule has 0 bridgehead atoms. The Morgan fingerprint density at radius 2 is 1.95 bits per heavy atom. The van der Waals surface area contributed by atoms with Crippen molar-refractivity contribution in [2.75, 3.05) is 26.7 Å². The molecule has 0 unspecified atom stereocenters. The van der Waals surface area contributed by atoms with Crippen LogP contribution >= 0.6 is 0 Å². The molecule has 10 heteroatoms. The van der Waals surface area contributed by atoms with Crippen LogP contribution in [0.3, 0.4) is 0 Å². The Hall–Kier alpha value is -3.79.